The Balaban J connectivity index is 3.85. The molecule has 0 aromatic heterocycles. The molecule has 0 saturated carbocycles. The highest BCUT2D eigenvalue weighted by atomic mass is 32.2. The molecule has 5 heteroatoms. The summed E-state index contributed by atoms with van der Waals surface area (Å²) in [4.78, 5) is 0. The number of hydrogen-bond donors (Lipinski definition) is 1. The standard InChI is InChI=1S/C11H25NO3S/c1-4-5-11(9-16(12,13)14)8-15-7-6-10(2)3/h10-11H,4-9H2,1-3H3,(H2,12,13,14). The molecule has 0 aromatic rings. The van der Waals surface area contributed by atoms with Crippen LogP contribution in [0.4, 0.5) is 0 Å². The van der Waals surface area contributed by atoms with Crippen LogP contribution < -0.4 is 5.14 Å². The summed E-state index contributed by atoms with van der Waals surface area (Å²) in [6, 6.07) is 0. The van der Waals surface area contributed by atoms with Gasteiger partial charge in [-0.2, -0.15) is 0 Å². The van der Waals surface area contributed by atoms with Crippen molar-refractivity contribution in [3.05, 3.63) is 0 Å². The fourth-order valence-corrected chi connectivity index (χ4v) is 2.44. The summed E-state index contributed by atoms with van der Waals surface area (Å²) in [5, 5.41) is 5.04. The van der Waals surface area contributed by atoms with Crippen molar-refractivity contribution in [3.63, 3.8) is 0 Å². The Labute approximate surface area is 99.6 Å². The van der Waals surface area contributed by atoms with Gasteiger partial charge in [-0.3, -0.25) is 0 Å². The Kier molecular flexibility index (Phi) is 7.97. The highest BCUT2D eigenvalue weighted by molar-refractivity contribution is 7.89. The molecule has 0 rings (SSSR count). The first-order valence-corrected chi connectivity index (χ1v) is 7.65. The van der Waals surface area contributed by atoms with Gasteiger partial charge in [0.15, 0.2) is 0 Å². The van der Waals surface area contributed by atoms with E-state index in [2.05, 4.69) is 13.8 Å². The minimum atomic E-state index is -3.38. The topological polar surface area (TPSA) is 69.4 Å². The molecule has 0 fully saturated rings. The average molecular weight is 251 g/mol. The van der Waals surface area contributed by atoms with E-state index in [1.54, 1.807) is 0 Å². The predicted molar refractivity (Wildman–Crippen MR) is 66.6 cm³/mol. The summed E-state index contributed by atoms with van der Waals surface area (Å²) in [7, 11) is -3.38. The third-order valence-corrected chi connectivity index (χ3v) is 3.29. The highest BCUT2D eigenvalue weighted by Gasteiger charge is 2.15. The van der Waals surface area contributed by atoms with Gasteiger partial charge in [-0.05, 0) is 24.7 Å². The fraction of sp³-hybridized carbons (Fsp3) is 1.00. The van der Waals surface area contributed by atoms with Crippen molar-refractivity contribution < 1.29 is 13.2 Å². The Bertz CT molecular complexity index is 262. The van der Waals surface area contributed by atoms with Crippen molar-refractivity contribution in [2.45, 2.75) is 40.0 Å². The van der Waals surface area contributed by atoms with Crippen LogP contribution in [0.3, 0.4) is 0 Å². The summed E-state index contributed by atoms with van der Waals surface area (Å²) in [5.41, 5.74) is 0. The molecule has 98 valence electrons. The van der Waals surface area contributed by atoms with Crippen LogP contribution in [0.2, 0.25) is 0 Å². The second-order valence-corrected chi connectivity index (χ2v) is 6.40. The van der Waals surface area contributed by atoms with Crippen molar-refractivity contribution in [2.24, 2.45) is 17.0 Å². The van der Waals surface area contributed by atoms with E-state index in [0.717, 1.165) is 19.3 Å². The molecule has 0 saturated heterocycles. The molecule has 0 aliphatic carbocycles. The molecule has 0 aliphatic rings. The maximum absolute atomic E-state index is 11.0. The van der Waals surface area contributed by atoms with Crippen LogP contribution in [-0.2, 0) is 14.8 Å². The zero-order valence-electron chi connectivity index (χ0n) is 10.6. The molecule has 0 aromatic carbocycles. The molecular weight excluding hydrogens is 226 g/mol. The molecule has 1 unspecified atom stereocenters. The molecular formula is C11H25NO3S. The van der Waals surface area contributed by atoms with Crippen LogP contribution >= 0.6 is 0 Å². The Hall–Kier alpha value is -0.130. The lowest BCUT2D eigenvalue weighted by atomic mass is 10.1. The molecule has 0 bridgehead atoms. The quantitative estimate of drug-likeness (QED) is 0.635. The third kappa shape index (κ3) is 10.4. The van der Waals surface area contributed by atoms with Crippen LogP contribution in [0.15, 0.2) is 0 Å². The first kappa shape index (κ1) is 15.9. The van der Waals surface area contributed by atoms with E-state index in [0.29, 0.717) is 19.1 Å². The number of nitrogens with two attached hydrogens (primary N) is 1. The van der Waals surface area contributed by atoms with Crippen LogP contribution in [0.5, 0.6) is 0 Å². The summed E-state index contributed by atoms with van der Waals surface area (Å²) in [5.74, 6) is 0.678. The second-order valence-electron chi connectivity index (χ2n) is 4.74. The fourth-order valence-electron chi connectivity index (χ4n) is 1.52. The van der Waals surface area contributed by atoms with E-state index >= 15 is 0 Å². The van der Waals surface area contributed by atoms with Crippen molar-refractivity contribution in [1.29, 1.82) is 0 Å². The maximum atomic E-state index is 11.0. The lowest BCUT2D eigenvalue weighted by Crippen LogP contribution is -2.26. The van der Waals surface area contributed by atoms with E-state index in [9.17, 15) is 8.42 Å². The van der Waals surface area contributed by atoms with Gasteiger partial charge in [-0.15, -0.1) is 0 Å². The van der Waals surface area contributed by atoms with Crippen LogP contribution in [0, 0.1) is 11.8 Å². The summed E-state index contributed by atoms with van der Waals surface area (Å²) < 4.78 is 27.4. The first-order valence-electron chi connectivity index (χ1n) is 5.93. The first-order chi connectivity index (χ1) is 7.35. The molecule has 0 heterocycles. The predicted octanol–water partition coefficient (Wildman–Crippen LogP) is 1.75. The Morgan fingerprint density at radius 2 is 1.88 bits per heavy atom. The number of primary sulfonamides is 1. The summed E-state index contributed by atoms with van der Waals surface area (Å²) >= 11 is 0. The average Bonchev–Trinajstić information content (AvgIpc) is 2.09. The second kappa shape index (κ2) is 8.03. The largest absolute Gasteiger partial charge is 0.381 e. The summed E-state index contributed by atoms with van der Waals surface area (Å²) in [6.45, 7) is 7.50. The van der Waals surface area contributed by atoms with E-state index in [1.165, 1.54) is 0 Å². The SMILES string of the molecule is CCCC(COCCC(C)C)CS(N)(=O)=O. The number of rotatable bonds is 9. The van der Waals surface area contributed by atoms with Crippen LogP contribution in [0.25, 0.3) is 0 Å². The third-order valence-electron chi connectivity index (χ3n) is 2.36. The van der Waals surface area contributed by atoms with Gasteiger partial charge in [0, 0.05) is 6.61 Å². The van der Waals surface area contributed by atoms with E-state index in [-0.39, 0.29) is 11.7 Å². The van der Waals surface area contributed by atoms with Gasteiger partial charge in [0.05, 0.1) is 12.4 Å². The lowest BCUT2D eigenvalue weighted by Gasteiger charge is -2.15. The monoisotopic (exact) mass is 251 g/mol. The van der Waals surface area contributed by atoms with Gasteiger partial charge < -0.3 is 4.74 Å². The van der Waals surface area contributed by atoms with Crippen LogP contribution in [0.1, 0.15) is 40.0 Å². The molecule has 0 spiro atoms. The maximum Gasteiger partial charge on any atom is 0.209 e. The smallest absolute Gasteiger partial charge is 0.209 e. The van der Waals surface area contributed by atoms with Gasteiger partial charge in [0.25, 0.3) is 0 Å². The van der Waals surface area contributed by atoms with Crippen molar-refractivity contribution >= 4 is 10.0 Å². The van der Waals surface area contributed by atoms with Gasteiger partial charge >= 0.3 is 0 Å². The molecule has 4 nitrogen and oxygen atoms in total. The van der Waals surface area contributed by atoms with E-state index in [1.807, 2.05) is 6.92 Å². The molecule has 0 amide bonds. The molecule has 0 radical (unpaired) electrons. The van der Waals surface area contributed by atoms with E-state index in [4.69, 9.17) is 9.88 Å². The minimum Gasteiger partial charge on any atom is -0.381 e. The Morgan fingerprint density at radius 1 is 1.25 bits per heavy atom. The summed E-state index contributed by atoms with van der Waals surface area (Å²) in [6.07, 6.45) is 2.81. The zero-order valence-corrected chi connectivity index (χ0v) is 11.4. The lowest BCUT2D eigenvalue weighted by molar-refractivity contribution is 0.0941. The minimum absolute atomic E-state index is 0.0303. The van der Waals surface area contributed by atoms with Crippen molar-refractivity contribution in [3.8, 4) is 0 Å². The van der Waals surface area contributed by atoms with Gasteiger partial charge in [-0.1, -0.05) is 27.2 Å². The molecule has 0 aliphatic heterocycles. The van der Waals surface area contributed by atoms with Gasteiger partial charge in [0.2, 0.25) is 10.0 Å². The van der Waals surface area contributed by atoms with Crippen LogP contribution in [-0.4, -0.2) is 27.4 Å². The van der Waals surface area contributed by atoms with E-state index < -0.39 is 10.0 Å². The van der Waals surface area contributed by atoms with Crippen molar-refractivity contribution in [1.82, 2.24) is 0 Å². The zero-order chi connectivity index (χ0) is 12.6. The van der Waals surface area contributed by atoms with Gasteiger partial charge in [-0.25, -0.2) is 13.6 Å². The molecule has 16 heavy (non-hydrogen) atoms. The highest BCUT2D eigenvalue weighted by Crippen LogP contribution is 2.10. The van der Waals surface area contributed by atoms with Crippen molar-refractivity contribution in [2.75, 3.05) is 19.0 Å². The Morgan fingerprint density at radius 3 is 2.31 bits per heavy atom. The number of ether oxygens (including phenoxy) is 1. The molecule has 1 atom stereocenters. The normalized spacial score (nSPS) is 14.3. The number of hydrogen-bond acceptors (Lipinski definition) is 3. The number of sulfonamides is 1. The molecule has 2 N–H and O–H groups in total. The van der Waals surface area contributed by atoms with Gasteiger partial charge in [0.1, 0.15) is 0 Å².